The molecule has 0 saturated carbocycles. The number of carbonyl (C=O) groups is 1. The molecule has 1 unspecified atom stereocenters. The minimum absolute atomic E-state index is 0.00863. The van der Waals surface area contributed by atoms with Gasteiger partial charge in [-0.3, -0.25) is 19.4 Å². The molecule has 0 N–H and O–H groups in total. The lowest BCUT2D eigenvalue weighted by atomic mass is 9.85. The number of fused-ring (bicyclic) bond motifs is 1. The molecule has 0 radical (unpaired) electrons. The molecule has 10 nitrogen and oxygen atoms in total. The van der Waals surface area contributed by atoms with E-state index in [1.165, 1.54) is 16.7 Å². The highest BCUT2D eigenvalue weighted by Gasteiger charge is 2.36. The number of pyridine rings is 1. The molecule has 0 aliphatic carbocycles. The van der Waals surface area contributed by atoms with E-state index in [4.69, 9.17) is 14.2 Å². The highest BCUT2D eigenvalue weighted by atomic mass is 16.5. The molecular formula is C40H49N5O5. The summed E-state index contributed by atoms with van der Waals surface area (Å²) in [6, 6.07) is 12.6. The van der Waals surface area contributed by atoms with E-state index in [1.807, 2.05) is 31.9 Å². The van der Waals surface area contributed by atoms with Gasteiger partial charge in [-0.25, -0.2) is 0 Å². The molecule has 3 aliphatic heterocycles. The maximum atomic E-state index is 13.5. The van der Waals surface area contributed by atoms with Gasteiger partial charge in [-0.15, -0.1) is 0 Å². The Morgan fingerprint density at radius 3 is 2.24 bits per heavy atom. The third-order valence-corrected chi connectivity index (χ3v) is 10.9. The number of hydrogen-bond donors (Lipinski definition) is 0. The van der Waals surface area contributed by atoms with Crippen LogP contribution in [0.3, 0.4) is 0 Å². The van der Waals surface area contributed by atoms with Crippen molar-refractivity contribution in [2.24, 2.45) is 12.5 Å². The van der Waals surface area contributed by atoms with E-state index in [-0.39, 0.29) is 28.5 Å². The topological polar surface area (TPSA) is 100 Å². The Morgan fingerprint density at radius 2 is 1.66 bits per heavy atom. The van der Waals surface area contributed by atoms with Crippen LogP contribution < -0.4 is 15.0 Å². The summed E-state index contributed by atoms with van der Waals surface area (Å²) in [6.45, 7) is 14.9. The van der Waals surface area contributed by atoms with Crippen LogP contribution in [0.25, 0.3) is 11.1 Å². The number of rotatable bonds is 9. The summed E-state index contributed by atoms with van der Waals surface area (Å²) < 4.78 is 18.8. The van der Waals surface area contributed by atoms with Crippen molar-refractivity contribution in [2.75, 3.05) is 60.2 Å². The summed E-state index contributed by atoms with van der Waals surface area (Å²) in [5, 5.41) is 9.82. The Hall–Kier alpha value is -4.43. The van der Waals surface area contributed by atoms with Crippen molar-refractivity contribution >= 4 is 5.91 Å². The van der Waals surface area contributed by atoms with Gasteiger partial charge in [0.25, 0.3) is 11.5 Å². The Balaban J connectivity index is 1.12. The molecule has 0 bridgehead atoms. The molecule has 6 rings (SSSR count). The van der Waals surface area contributed by atoms with Crippen LogP contribution in [-0.2, 0) is 36.1 Å². The van der Waals surface area contributed by atoms with Gasteiger partial charge < -0.3 is 23.7 Å². The first-order chi connectivity index (χ1) is 24.0. The second kappa shape index (κ2) is 14.4. The summed E-state index contributed by atoms with van der Waals surface area (Å²) in [4.78, 5) is 32.8. The largest absolute Gasteiger partial charge is 0.496 e. The standard InChI is InChI=1S/C40H49N5O5/c1-26-27(2)38(46)42(5)22-34(26)30-17-36(48-6)35(37(18-30)49-7)23-44-15-13-43(14-16-44)21-29-9-8-10-32-28(3)45(12-11-33(29)32)39(47)31(20-41)19-40(4)24-50-25-40/h8-10,17-19,22,28H,11-16,21,23-25H2,1-7H3/b31-19+. The van der Waals surface area contributed by atoms with Crippen molar-refractivity contribution in [1.29, 1.82) is 5.26 Å². The zero-order valence-corrected chi connectivity index (χ0v) is 30.5. The van der Waals surface area contributed by atoms with Gasteiger partial charge >= 0.3 is 0 Å². The number of piperazine rings is 1. The molecule has 3 aliphatic rings. The van der Waals surface area contributed by atoms with Crippen molar-refractivity contribution in [3.63, 3.8) is 0 Å². The highest BCUT2D eigenvalue weighted by molar-refractivity contribution is 5.97. The van der Waals surface area contributed by atoms with Gasteiger partial charge in [0.1, 0.15) is 23.1 Å². The van der Waals surface area contributed by atoms with Gasteiger partial charge in [0.2, 0.25) is 0 Å². The molecular weight excluding hydrogens is 630 g/mol. The third kappa shape index (κ3) is 6.82. The monoisotopic (exact) mass is 679 g/mol. The number of nitrogens with zero attached hydrogens (tertiary/aromatic N) is 5. The summed E-state index contributed by atoms with van der Waals surface area (Å²) in [7, 11) is 5.17. The lowest BCUT2D eigenvalue weighted by molar-refractivity contribution is -0.129. The Labute approximate surface area is 295 Å². The normalized spacial score (nSPS) is 19.4. The number of aryl methyl sites for hydroxylation is 1. The lowest BCUT2D eigenvalue weighted by Crippen LogP contribution is -2.46. The SMILES string of the molecule is COc1cc(-c2cn(C)c(=O)c(C)c2C)cc(OC)c1CN1CCN(Cc2cccc3c2CCN(C(=O)/C(C#N)=C/C2(C)COC2)C3C)CC1. The van der Waals surface area contributed by atoms with Gasteiger partial charge in [0.05, 0.1) is 39.0 Å². The number of nitriles is 1. The zero-order valence-electron chi connectivity index (χ0n) is 30.5. The molecule has 10 heteroatoms. The number of carbonyl (C=O) groups excluding carboxylic acids is 1. The van der Waals surface area contributed by atoms with Gasteiger partial charge in [-0.1, -0.05) is 31.2 Å². The van der Waals surface area contributed by atoms with E-state index in [1.54, 1.807) is 31.9 Å². The number of hydrogen-bond acceptors (Lipinski definition) is 8. The number of ether oxygens (including phenoxy) is 3. The van der Waals surface area contributed by atoms with Crippen molar-refractivity contribution in [1.82, 2.24) is 19.3 Å². The molecule has 4 heterocycles. The summed E-state index contributed by atoms with van der Waals surface area (Å²) >= 11 is 0. The minimum atomic E-state index is -0.248. The Kier molecular flexibility index (Phi) is 10.2. The van der Waals surface area contributed by atoms with Crippen molar-refractivity contribution < 1.29 is 19.0 Å². The van der Waals surface area contributed by atoms with Crippen LogP contribution in [0.5, 0.6) is 11.5 Å². The molecule has 1 amide bonds. The first-order valence-electron chi connectivity index (χ1n) is 17.5. The number of benzene rings is 2. The number of amides is 1. The van der Waals surface area contributed by atoms with E-state index < -0.39 is 0 Å². The van der Waals surface area contributed by atoms with Gasteiger partial charge in [0.15, 0.2) is 0 Å². The van der Waals surface area contributed by atoms with E-state index in [0.717, 1.165) is 78.5 Å². The van der Waals surface area contributed by atoms with Crippen LogP contribution in [0, 0.1) is 30.6 Å². The van der Waals surface area contributed by atoms with Crippen LogP contribution in [0.15, 0.2) is 53.0 Å². The minimum Gasteiger partial charge on any atom is -0.496 e. The third-order valence-electron chi connectivity index (χ3n) is 10.9. The predicted molar refractivity (Wildman–Crippen MR) is 193 cm³/mol. The molecule has 1 atom stereocenters. The van der Waals surface area contributed by atoms with E-state index >= 15 is 0 Å². The Bertz CT molecular complexity index is 1890. The first kappa shape index (κ1) is 35.4. The second-order valence-electron chi connectivity index (χ2n) is 14.3. The fourth-order valence-corrected chi connectivity index (χ4v) is 7.66. The fraction of sp³-hybridized carbons (Fsp3) is 0.475. The van der Waals surface area contributed by atoms with E-state index in [2.05, 4.69) is 53.1 Å². The molecule has 0 spiro atoms. The fourth-order valence-electron chi connectivity index (χ4n) is 7.66. The first-order valence-corrected chi connectivity index (χ1v) is 17.5. The molecule has 2 aromatic carbocycles. The maximum Gasteiger partial charge on any atom is 0.264 e. The van der Waals surface area contributed by atoms with Crippen molar-refractivity contribution in [3.05, 3.63) is 91.9 Å². The summed E-state index contributed by atoms with van der Waals surface area (Å²) in [6.07, 6.45) is 4.46. The van der Waals surface area contributed by atoms with Crippen LogP contribution in [0.1, 0.15) is 53.3 Å². The average Bonchev–Trinajstić information content (AvgIpc) is 3.11. The van der Waals surface area contributed by atoms with Crippen LogP contribution in [-0.4, -0.2) is 85.3 Å². The molecule has 50 heavy (non-hydrogen) atoms. The highest BCUT2D eigenvalue weighted by Crippen LogP contribution is 2.38. The van der Waals surface area contributed by atoms with Gasteiger partial charge in [-0.2, -0.15) is 5.26 Å². The van der Waals surface area contributed by atoms with Gasteiger partial charge in [0, 0.05) is 75.6 Å². The molecule has 2 saturated heterocycles. The van der Waals surface area contributed by atoms with Crippen molar-refractivity contribution in [3.8, 4) is 28.7 Å². The molecule has 3 aromatic rings. The molecule has 2 fully saturated rings. The quantitative estimate of drug-likeness (QED) is 0.232. The lowest BCUT2D eigenvalue weighted by Gasteiger charge is -2.39. The van der Waals surface area contributed by atoms with Crippen LogP contribution in [0.2, 0.25) is 0 Å². The summed E-state index contributed by atoms with van der Waals surface area (Å²) in [5.41, 5.74) is 8.42. The maximum absolute atomic E-state index is 13.5. The number of methoxy groups -OCH3 is 2. The van der Waals surface area contributed by atoms with Crippen LogP contribution >= 0.6 is 0 Å². The molecule has 264 valence electrons. The zero-order chi connectivity index (χ0) is 35.7. The smallest absolute Gasteiger partial charge is 0.264 e. The van der Waals surface area contributed by atoms with Gasteiger partial charge in [-0.05, 0) is 67.1 Å². The van der Waals surface area contributed by atoms with Crippen LogP contribution in [0.4, 0.5) is 0 Å². The Morgan fingerprint density at radius 1 is 1.02 bits per heavy atom. The van der Waals surface area contributed by atoms with E-state index in [9.17, 15) is 14.9 Å². The second-order valence-corrected chi connectivity index (χ2v) is 14.3. The molecule has 1 aromatic heterocycles. The summed E-state index contributed by atoms with van der Waals surface area (Å²) in [5.74, 6) is 1.35. The predicted octanol–water partition coefficient (Wildman–Crippen LogP) is 4.94. The number of aromatic nitrogens is 1. The van der Waals surface area contributed by atoms with Crippen molar-refractivity contribution in [2.45, 2.75) is 53.2 Å². The average molecular weight is 680 g/mol. The van der Waals surface area contributed by atoms with E-state index in [0.29, 0.717) is 26.3 Å².